The second-order valence-corrected chi connectivity index (χ2v) is 6.12. The van der Waals surface area contributed by atoms with Crippen LogP contribution in [0.5, 0.6) is 0 Å². The summed E-state index contributed by atoms with van der Waals surface area (Å²) in [5.41, 5.74) is 2.27. The molecular weight excluding hydrogens is 349 g/mol. The molecule has 126 valence electrons. The summed E-state index contributed by atoms with van der Waals surface area (Å²) in [6.45, 7) is 1.95. The number of esters is 1. The minimum Gasteiger partial charge on any atom is -0.452 e. The molecule has 2 aromatic rings. The molecule has 1 N–H and O–H groups in total. The topological polar surface area (TPSA) is 55.4 Å². The third-order valence-electron chi connectivity index (χ3n) is 3.32. The van der Waals surface area contributed by atoms with Crippen LogP contribution in [0.25, 0.3) is 0 Å². The van der Waals surface area contributed by atoms with Crippen molar-refractivity contribution in [2.45, 2.75) is 13.3 Å². The zero-order chi connectivity index (χ0) is 17.5. The van der Waals surface area contributed by atoms with Crippen LogP contribution in [0.3, 0.4) is 0 Å². The Morgan fingerprint density at radius 1 is 1.12 bits per heavy atom. The molecule has 0 aromatic heterocycles. The van der Waals surface area contributed by atoms with E-state index in [1.807, 2.05) is 19.1 Å². The maximum atomic E-state index is 11.8. The number of ether oxygens (including phenoxy) is 1. The molecule has 0 fully saturated rings. The summed E-state index contributed by atoms with van der Waals surface area (Å²) in [4.78, 5) is 23.6. The number of nitrogens with one attached hydrogen (secondary N) is 1. The fourth-order valence-corrected chi connectivity index (χ4v) is 2.60. The van der Waals surface area contributed by atoms with Crippen LogP contribution in [0.2, 0.25) is 10.0 Å². The average Bonchev–Trinajstić information content (AvgIpc) is 2.54. The predicted octanol–water partition coefficient (Wildman–Crippen LogP) is 3.82. The van der Waals surface area contributed by atoms with Crippen molar-refractivity contribution in [3.8, 4) is 0 Å². The third-order valence-corrected chi connectivity index (χ3v) is 3.91. The van der Waals surface area contributed by atoms with Crippen LogP contribution >= 0.6 is 23.2 Å². The van der Waals surface area contributed by atoms with Gasteiger partial charge in [-0.15, -0.1) is 0 Å². The number of aryl methyl sites for hydroxylation is 1. The molecule has 0 radical (unpaired) electrons. The van der Waals surface area contributed by atoms with Crippen molar-refractivity contribution in [2.24, 2.45) is 0 Å². The maximum Gasteiger partial charge on any atom is 0.338 e. The van der Waals surface area contributed by atoms with E-state index in [4.69, 9.17) is 27.9 Å². The van der Waals surface area contributed by atoms with Crippen LogP contribution in [0, 0.1) is 6.92 Å². The highest BCUT2D eigenvalue weighted by Crippen LogP contribution is 2.21. The lowest BCUT2D eigenvalue weighted by atomic mass is 10.1. The van der Waals surface area contributed by atoms with Crippen molar-refractivity contribution in [1.82, 2.24) is 5.32 Å². The first-order valence-corrected chi connectivity index (χ1v) is 8.16. The van der Waals surface area contributed by atoms with Crippen molar-refractivity contribution < 1.29 is 14.3 Å². The Bertz CT molecular complexity index is 747. The van der Waals surface area contributed by atoms with E-state index in [0.717, 1.165) is 11.1 Å². The minimum absolute atomic E-state index is 0.318. The van der Waals surface area contributed by atoms with Crippen LogP contribution in [0.15, 0.2) is 42.5 Å². The molecule has 0 aliphatic heterocycles. The Morgan fingerprint density at radius 3 is 2.62 bits per heavy atom. The third kappa shape index (κ3) is 5.55. The normalized spacial score (nSPS) is 10.3. The quantitative estimate of drug-likeness (QED) is 0.791. The van der Waals surface area contributed by atoms with Gasteiger partial charge >= 0.3 is 5.97 Å². The van der Waals surface area contributed by atoms with Gasteiger partial charge in [-0.3, -0.25) is 4.79 Å². The van der Waals surface area contributed by atoms with Gasteiger partial charge in [-0.1, -0.05) is 47.0 Å². The molecule has 6 heteroatoms. The Morgan fingerprint density at radius 2 is 1.92 bits per heavy atom. The number of carbonyl (C=O) groups excluding carboxylic acids is 2. The Labute approximate surface area is 150 Å². The van der Waals surface area contributed by atoms with Gasteiger partial charge in [-0.2, -0.15) is 0 Å². The van der Waals surface area contributed by atoms with Crippen molar-refractivity contribution in [3.63, 3.8) is 0 Å². The molecule has 0 saturated carbocycles. The molecule has 0 saturated heterocycles. The van der Waals surface area contributed by atoms with Gasteiger partial charge in [0.2, 0.25) is 0 Å². The summed E-state index contributed by atoms with van der Waals surface area (Å²) < 4.78 is 4.99. The summed E-state index contributed by atoms with van der Waals surface area (Å²) >= 11 is 11.9. The number of benzene rings is 2. The first-order chi connectivity index (χ1) is 11.5. The van der Waals surface area contributed by atoms with Crippen LogP contribution in [-0.4, -0.2) is 25.0 Å². The van der Waals surface area contributed by atoms with E-state index in [1.165, 1.54) is 0 Å². The molecule has 2 aromatic carbocycles. The van der Waals surface area contributed by atoms with Gasteiger partial charge < -0.3 is 10.1 Å². The number of rotatable bonds is 6. The summed E-state index contributed by atoms with van der Waals surface area (Å²) in [6.07, 6.45) is 0.563. The zero-order valence-electron chi connectivity index (χ0n) is 13.1. The maximum absolute atomic E-state index is 11.8. The molecule has 0 aliphatic rings. The molecular formula is C18H17Cl2NO3. The first-order valence-electron chi connectivity index (χ1n) is 7.40. The lowest BCUT2D eigenvalue weighted by Gasteiger charge is -2.08. The number of hydrogen-bond donors (Lipinski definition) is 1. The van der Waals surface area contributed by atoms with Gasteiger partial charge in [0.25, 0.3) is 5.91 Å². The van der Waals surface area contributed by atoms with Gasteiger partial charge in [0.05, 0.1) is 5.56 Å². The van der Waals surface area contributed by atoms with E-state index >= 15 is 0 Å². The van der Waals surface area contributed by atoms with Crippen LogP contribution in [-0.2, 0) is 16.0 Å². The molecule has 2 rings (SSSR count). The van der Waals surface area contributed by atoms with Crippen molar-refractivity contribution >= 4 is 35.1 Å². The Kier molecular flexibility index (Phi) is 6.64. The molecule has 24 heavy (non-hydrogen) atoms. The van der Waals surface area contributed by atoms with Gasteiger partial charge in [0.1, 0.15) is 0 Å². The van der Waals surface area contributed by atoms with Gasteiger partial charge in [0, 0.05) is 16.6 Å². The lowest BCUT2D eigenvalue weighted by molar-refractivity contribution is -0.124. The molecule has 0 atom stereocenters. The molecule has 0 bridgehead atoms. The number of halogens is 2. The van der Waals surface area contributed by atoms with Crippen LogP contribution in [0.1, 0.15) is 21.5 Å². The fraction of sp³-hybridized carbons (Fsp3) is 0.222. The summed E-state index contributed by atoms with van der Waals surface area (Å²) in [5, 5.41) is 3.81. The Hall–Kier alpha value is -2.04. The highest BCUT2D eigenvalue weighted by Gasteiger charge is 2.10. The van der Waals surface area contributed by atoms with Gasteiger partial charge in [-0.25, -0.2) is 4.79 Å². The molecule has 0 heterocycles. The van der Waals surface area contributed by atoms with Crippen molar-refractivity contribution in [1.29, 1.82) is 0 Å². The van der Waals surface area contributed by atoms with E-state index in [-0.39, 0.29) is 12.5 Å². The van der Waals surface area contributed by atoms with Crippen LogP contribution < -0.4 is 5.32 Å². The standard InChI is InChI=1S/C18H17Cl2NO3/c1-12-3-2-4-14(9-12)18(23)24-11-17(22)21-8-7-13-5-6-15(19)10-16(13)20/h2-6,9-10H,7-8,11H2,1H3,(H,21,22). The Balaban J connectivity index is 1.74. The van der Waals surface area contributed by atoms with E-state index in [9.17, 15) is 9.59 Å². The van der Waals surface area contributed by atoms with E-state index in [1.54, 1.807) is 30.3 Å². The predicted molar refractivity (Wildman–Crippen MR) is 94.6 cm³/mol. The summed E-state index contributed by atoms with van der Waals surface area (Å²) in [5.74, 6) is -0.879. The molecule has 0 aliphatic carbocycles. The van der Waals surface area contributed by atoms with E-state index in [2.05, 4.69) is 5.32 Å². The van der Waals surface area contributed by atoms with Gasteiger partial charge in [0.15, 0.2) is 6.61 Å². The zero-order valence-corrected chi connectivity index (χ0v) is 14.7. The second-order valence-electron chi connectivity index (χ2n) is 5.28. The highest BCUT2D eigenvalue weighted by atomic mass is 35.5. The fourth-order valence-electron chi connectivity index (χ4n) is 2.10. The lowest BCUT2D eigenvalue weighted by Crippen LogP contribution is -2.30. The second kappa shape index (κ2) is 8.71. The SMILES string of the molecule is Cc1cccc(C(=O)OCC(=O)NCCc2ccc(Cl)cc2Cl)c1. The highest BCUT2D eigenvalue weighted by molar-refractivity contribution is 6.35. The molecule has 0 unspecified atom stereocenters. The number of amides is 1. The number of carbonyl (C=O) groups is 2. The van der Waals surface area contributed by atoms with E-state index < -0.39 is 5.97 Å². The van der Waals surface area contributed by atoms with Gasteiger partial charge in [-0.05, 0) is 43.2 Å². The van der Waals surface area contributed by atoms with Crippen LogP contribution in [0.4, 0.5) is 0 Å². The summed E-state index contributed by atoms with van der Waals surface area (Å²) in [7, 11) is 0. The smallest absolute Gasteiger partial charge is 0.338 e. The van der Waals surface area contributed by atoms with Crippen molar-refractivity contribution in [3.05, 3.63) is 69.2 Å². The molecule has 4 nitrogen and oxygen atoms in total. The summed E-state index contributed by atoms with van der Waals surface area (Å²) in [6, 6.07) is 12.2. The van der Waals surface area contributed by atoms with E-state index in [0.29, 0.717) is 28.6 Å². The van der Waals surface area contributed by atoms with Crippen molar-refractivity contribution in [2.75, 3.05) is 13.2 Å². The molecule has 1 amide bonds. The average molecular weight is 366 g/mol. The first kappa shape index (κ1) is 18.3. The minimum atomic E-state index is -0.519. The molecule has 0 spiro atoms. The number of hydrogen-bond acceptors (Lipinski definition) is 3. The largest absolute Gasteiger partial charge is 0.452 e. The monoisotopic (exact) mass is 365 g/mol.